The highest BCUT2D eigenvalue weighted by molar-refractivity contribution is 6.03. The van der Waals surface area contributed by atoms with Crippen LogP contribution in [0.3, 0.4) is 0 Å². The summed E-state index contributed by atoms with van der Waals surface area (Å²) in [5, 5.41) is 16.0. The molecule has 5 saturated carbocycles. The lowest BCUT2D eigenvalue weighted by Crippen LogP contribution is -2.68. The molecule has 0 aliphatic heterocycles. The first kappa shape index (κ1) is 45.6. The molecule has 11 atom stereocenters. The summed E-state index contributed by atoms with van der Waals surface area (Å²) in [5.74, 6) is -1.68. The number of Topliss-reactive ketones (excluding diaryl/α,β-unsaturated/α-hetero) is 1. The van der Waals surface area contributed by atoms with Crippen LogP contribution in [0.5, 0.6) is 0 Å². The van der Waals surface area contributed by atoms with Gasteiger partial charge in [-0.05, 0) is 134 Å². The molecular formula is C46H74ClN3O7. The number of esters is 1. The van der Waals surface area contributed by atoms with Crippen LogP contribution in [0.2, 0.25) is 0 Å². The summed E-state index contributed by atoms with van der Waals surface area (Å²) in [6.45, 7) is 27.2. The van der Waals surface area contributed by atoms with Gasteiger partial charge in [-0.3, -0.25) is 24.0 Å². The molecule has 6 aliphatic rings. The number of allylic oxidation sites excluding steroid dienone is 1. The van der Waals surface area contributed by atoms with Crippen molar-refractivity contribution in [2.75, 3.05) is 0 Å². The Morgan fingerprint density at radius 2 is 1.46 bits per heavy atom. The van der Waals surface area contributed by atoms with E-state index in [2.05, 4.69) is 59.1 Å². The van der Waals surface area contributed by atoms with E-state index in [0.29, 0.717) is 24.7 Å². The summed E-state index contributed by atoms with van der Waals surface area (Å²) in [6, 6.07) is -0.733. The SMILES string of the molecule is CC(C)C1=C2[C@H]3CC[C@@H]4[C@@]5(C)CC[C@H](OC(=O)[C@H]6C[C@@H](C(=O)O)C6(C)C)C(C)(C)[C@@H]5CC[C@@]4(C)[C@]3(C)CC[C@@]2(NC(=O)C(C)(C)NC(=O)C(N)C(C)C)CC1=O.Cl. The molecule has 0 aromatic carbocycles. The highest BCUT2D eigenvalue weighted by Gasteiger charge is 2.71. The molecule has 5 fully saturated rings. The lowest BCUT2D eigenvalue weighted by molar-refractivity contribution is -0.235. The van der Waals surface area contributed by atoms with E-state index in [1.165, 1.54) is 0 Å². The summed E-state index contributed by atoms with van der Waals surface area (Å²) in [4.78, 5) is 66.8. The van der Waals surface area contributed by atoms with Crippen molar-refractivity contribution in [3.05, 3.63) is 11.1 Å². The number of carboxylic acid groups (broad SMARTS) is 1. The second kappa shape index (κ2) is 14.6. The second-order valence-electron chi connectivity index (χ2n) is 22.4. The standard InChI is InChI=1S/C46H73N3O7.ClH/c1-24(2)33-29(50)23-46(49-39(55)42(9,10)48-36(51)35(47)25(3)4)21-20-44(12)26(34(33)46)14-15-31-43(11)18-17-32(41(7,8)30(43)16-19-45(31,44)13)56-38(54)28-22-27(37(52)53)40(28,5)6;/h24-28,30-32,35H,14-23,47H2,1-13H3,(H,48,51)(H,49,55)(H,52,53);1H/t26-,27+,28-,30+,31-,32+,35?,43+,44-,45-,46-;/m1./s1. The number of ether oxygens (including phenoxy) is 1. The number of ketones is 1. The normalized spacial score (nSPS) is 39.7. The molecule has 0 bridgehead atoms. The average molecular weight is 817 g/mol. The van der Waals surface area contributed by atoms with E-state index in [0.717, 1.165) is 56.1 Å². The molecule has 2 amide bonds. The molecule has 5 N–H and O–H groups in total. The van der Waals surface area contributed by atoms with Crippen LogP contribution in [0, 0.1) is 68.5 Å². The van der Waals surface area contributed by atoms with Crippen molar-refractivity contribution < 1.29 is 33.8 Å². The van der Waals surface area contributed by atoms with Gasteiger partial charge in [0.15, 0.2) is 5.78 Å². The minimum Gasteiger partial charge on any atom is -0.481 e. The fourth-order valence-corrected chi connectivity index (χ4v) is 14.0. The van der Waals surface area contributed by atoms with E-state index in [1.807, 2.05) is 27.7 Å². The molecule has 0 heterocycles. The summed E-state index contributed by atoms with van der Waals surface area (Å²) in [6.07, 6.45) is 7.71. The van der Waals surface area contributed by atoms with Crippen molar-refractivity contribution in [1.29, 1.82) is 0 Å². The van der Waals surface area contributed by atoms with Crippen LogP contribution in [0.15, 0.2) is 11.1 Å². The summed E-state index contributed by atoms with van der Waals surface area (Å²) < 4.78 is 6.40. The second-order valence-corrected chi connectivity index (χ2v) is 22.4. The van der Waals surface area contributed by atoms with Crippen molar-refractivity contribution in [3.63, 3.8) is 0 Å². The Bertz CT molecular complexity index is 1720. The Morgan fingerprint density at radius 1 is 0.825 bits per heavy atom. The van der Waals surface area contributed by atoms with Crippen molar-refractivity contribution in [2.45, 2.75) is 177 Å². The molecule has 11 heteroatoms. The van der Waals surface area contributed by atoms with Crippen molar-refractivity contribution in [3.8, 4) is 0 Å². The molecule has 0 aromatic rings. The number of carboxylic acids is 1. The van der Waals surface area contributed by atoms with Gasteiger partial charge in [0, 0.05) is 11.8 Å². The highest BCUT2D eigenvalue weighted by Crippen LogP contribution is 2.76. The Labute approximate surface area is 348 Å². The fraction of sp³-hybridized carbons (Fsp3) is 0.848. The van der Waals surface area contributed by atoms with E-state index in [9.17, 15) is 29.1 Å². The highest BCUT2D eigenvalue weighted by atomic mass is 35.5. The van der Waals surface area contributed by atoms with Crippen molar-refractivity contribution >= 4 is 41.9 Å². The lowest BCUT2D eigenvalue weighted by atomic mass is 9.33. The van der Waals surface area contributed by atoms with E-state index >= 15 is 0 Å². The Kier molecular flexibility index (Phi) is 11.7. The third kappa shape index (κ3) is 6.71. The maximum Gasteiger partial charge on any atom is 0.309 e. The largest absolute Gasteiger partial charge is 0.481 e. The minimum atomic E-state index is -1.22. The summed E-state index contributed by atoms with van der Waals surface area (Å²) >= 11 is 0. The van der Waals surface area contributed by atoms with Gasteiger partial charge in [0.05, 0.1) is 23.4 Å². The molecule has 0 aromatic heterocycles. The van der Waals surface area contributed by atoms with Gasteiger partial charge in [0.1, 0.15) is 11.6 Å². The molecule has 0 saturated heterocycles. The maximum atomic E-state index is 14.2. The number of halogens is 1. The third-order valence-electron chi connectivity index (χ3n) is 17.9. The molecule has 1 unspecified atom stereocenters. The number of nitrogens with one attached hydrogen (secondary N) is 2. The number of carbonyl (C=O) groups is 5. The van der Waals surface area contributed by atoms with Crippen LogP contribution in [0.1, 0.15) is 154 Å². The minimum absolute atomic E-state index is 0. The van der Waals surface area contributed by atoms with Crippen LogP contribution in [-0.2, 0) is 28.7 Å². The molecule has 6 aliphatic carbocycles. The maximum absolute atomic E-state index is 14.2. The molecule has 6 rings (SSSR count). The first-order chi connectivity index (χ1) is 25.6. The van der Waals surface area contributed by atoms with Crippen LogP contribution >= 0.6 is 12.4 Å². The lowest BCUT2D eigenvalue weighted by Gasteiger charge is -2.72. The number of hydrogen-bond acceptors (Lipinski definition) is 7. The van der Waals surface area contributed by atoms with Gasteiger partial charge in [0.2, 0.25) is 11.8 Å². The molecule has 10 nitrogen and oxygen atoms in total. The molecule has 0 spiro atoms. The van der Waals surface area contributed by atoms with Gasteiger partial charge in [-0.25, -0.2) is 0 Å². The number of hydrogen-bond donors (Lipinski definition) is 4. The number of aliphatic carboxylic acids is 1. The van der Waals surface area contributed by atoms with Gasteiger partial charge >= 0.3 is 11.9 Å². The Morgan fingerprint density at radius 3 is 2.02 bits per heavy atom. The van der Waals surface area contributed by atoms with Gasteiger partial charge in [-0.15, -0.1) is 12.4 Å². The Balaban J connectivity index is 0.00000620. The quantitative estimate of drug-likeness (QED) is 0.171. The van der Waals surface area contributed by atoms with Gasteiger partial charge in [-0.2, -0.15) is 0 Å². The van der Waals surface area contributed by atoms with Crippen LogP contribution < -0.4 is 16.4 Å². The smallest absolute Gasteiger partial charge is 0.309 e. The zero-order chi connectivity index (χ0) is 41.9. The predicted molar refractivity (Wildman–Crippen MR) is 223 cm³/mol. The number of amides is 2. The molecule has 57 heavy (non-hydrogen) atoms. The summed E-state index contributed by atoms with van der Waals surface area (Å²) in [7, 11) is 0. The number of carbonyl (C=O) groups excluding carboxylic acids is 4. The zero-order valence-corrected chi connectivity index (χ0v) is 38.0. The van der Waals surface area contributed by atoms with Crippen LogP contribution in [-0.4, -0.2) is 57.9 Å². The average Bonchev–Trinajstić information content (AvgIpc) is 3.36. The molecular weight excluding hydrogens is 742 g/mol. The molecule has 0 radical (unpaired) electrons. The van der Waals surface area contributed by atoms with Gasteiger partial charge in [0.25, 0.3) is 0 Å². The van der Waals surface area contributed by atoms with E-state index in [4.69, 9.17) is 10.5 Å². The van der Waals surface area contributed by atoms with E-state index in [-0.39, 0.29) is 87.9 Å². The predicted octanol–water partition coefficient (Wildman–Crippen LogP) is 7.79. The van der Waals surface area contributed by atoms with Crippen molar-refractivity contribution in [1.82, 2.24) is 10.6 Å². The van der Waals surface area contributed by atoms with E-state index < -0.39 is 40.3 Å². The Hall–Kier alpha value is -2.46. The van der Waals surface area contributed by atoms with E-state index in [1.54, 1.807) is 13.8 Å². The van der Waals surface area contributed by atoms with Crippen molar-refractivity contribution in [2.24, 2.45) is 74.2 Å². The first-order valence-electron chi connectivity index (χ1n) is 21.7. The molecule has 322 valence electrons. The number of nitrogens with two attached hydrogens (primary N) is 1. The third-order valence-corrected chi connectivity index (χ3v) is 17.9. The number of fused-ring (bicyclic) bond motifs is 7. The van der Waals surface area contributed by atoms with Gasteiger partial charge in [-0.1, -0.05) is 76.2 Å². The van der Waals surface area contributed by atoms with Gasteiger partial charge < -0.3 is 26.2 Å². The topological polar surface area (TPSA) is 165 Å². The summed E-state index contributed by atoms with van der Waals surface area (Å²) in [5.41, 5.74) is 5.22. The van der Waals surface area contributed by atoms with Crippen LogP contribution in [0.25, 0.3) is 0 Å². The number of rotatable bonds is 9. The zero-order valence-electron chi connectivity index (χ0n) is 37.1. The fourth-order valence-electron chi connectivity index (χ4n) is 14.0. The first-order valence-corrected chi connectivity index (χ1v) is 21.7. The van der Waals surface area contributed by atoms with Crippen LogP contribution in [0.4, 0.5) is 0 Å². The monoisotopic (exact) mass is 816 g/mol.